The van der Waals surface area contributed by atoms with Gasteiger partial charge in [0.1, 0.15) is 5.65 Å². The van der Waals surface area contributed by atoms with Crippen molar-refractivity contribution in [2.45, 2.75) is 13.8 Å². The monoisotopic (exact) mass is 295 g/mol. The van der Waals surface area contributed by atoms with E-state index in [2.05, 4.69) is 35.8 Å². The molecule has 22 heavy (non-hydrogen) atoms. The van der Waals surface area contributed by atoms with Crippen molar-refractivity contribution in [2.75, 3.05) is 18.7 Å². The number of benzene rings is 1. The van der Waals surface area contributed by atoms with Crippen LogP contribution in [-0.4, -0.2) is 22.7 Å². The topological polar surface area (TPSA) is 47.8 Å². The SMILES string of the molecule is CCNc1ccc2nc(-c3ccc4c(c3)OCO4)c(C)n2c1. The van der Waals surface area contributed by atoms with Crippen molar-refractivity contribution in [3.63, 3.8) is 0 Å². The number of anilines is 1. The highest BCUT2D eigenvalue weighted by atomic mass is 16.7. The first-order chi connectivity index (χ1) is 10.8. The van der Waals surface area contributed by atoms with Crippen molar-refractivity contribution in [1.29, 1.82) is 0 Å². The fourth-order valence-corrected chi connectivity index (χ4v) is 2.79. The Balaban J connectivity index is 1.83. The third-order valence-electron chi connectivity index (χ3n) is 3.88. The van der Waals surface area contributed by atoms with Crippen LogP contribution in [0, 0.1) is 6.92 Å². The minimum absolute atomic E-state index is 0.287. The second-order valence-corrected chi connectivity index (χ2v) is 5.29. The lowest BCUT2D eigenvalue weighted by Gasteiger charge is -2.04. The Bertz CT molecular complexity index is 854. The summed E-state index contributed by atoms with van der Waals surface area (Å²) in [5.41, 5.74) is 5.13. The number of ether oxygens (including phenoxy) is 2. The molecule has 0 atom stereocenters. The zero-order valence-electron chi connectivity index (χ0n) is 12.6. The van der Waals surface area contributed by atoms with Gasteiger partial charge < -0.3 is 19.2 Å². The zero-order valence-corrected chi connectivity index (χ0v) is 12.6. The van der Waals surface area contributed by atoms with E-state index in [-0.39, 0.29) is 6.79 Å². The van der Waals surface area contributed by atoms with E-state index >= 15 is 0 Å². The lowest BCUT2D eigenvalue weighted by molar-refractivity contribution is 0.174. The largest absolute Gasteiger partial charge is 0.454 e. The van der Waals surface area contributed by atoms with Gasteiger partial charge in [-0.05, 0) is 44.2 Å². The van der Waals surface area contributed by atoms with E-state index in [1.54, 1.807) is 0 Å². The van der Waals surface area contributed by atoms with Crippen LogP contribution >= 0.6 is 0 Å². The summed E-state index contributed by atoms with van der Waals surface area (Å²) < 4.78 is 12.9. The van der Waals surface area contributed by atoms with Gasteiger partial charge in [-0.25, -0.2) is 4.98 Å². The maximum absolute atomic E-state index is 5.46. The van der Waals surface area contributed by atoms with Crippen molar-refractivity contribution in [3.05, 3.63) is 42.2 Å². The van der Waals surface area contributed by atoms with Gasteiger partial charge >= 0.3 is 0 Å². The molecular formula is C17H17N3O2. The molecule has 1 N–H and O–H groups in total. The standard InChI is InChI=1S/C17H17N3O2/c1-3-18-13-5-7-16-19-17(11(2)20(16)9-13)12-4-6-14-15(8-12)22-10-21-14/h4-9,18H,3,10H2,1-2H3. The molecule has 1 aromatic carbocycles. The highest BCUT2D eigenvalue weighted by molar-refractivity contribution is 5.70. The molecule has 3 aromatic rings. The first kappa shape index (κ1) is 13.0. The van der Waals surface area contributed by atoms with Crippen LogP contribution in [0.25, 0.3) is 16.9 Å². The van der Waals surface area contributed by atoms with Crippen molar-refractivity contribution < 1.29 is 9.47 Å². The Morgan fingerprint density at radius 3 is 2.91 bits per heavy atom. The zero-order chi connectivity index (χ0) is 15.1. The average Bonchev–Trinajstić information content (AvgIpc) is 3.12. The number of pyridine rings is 1. The molecule has 112 valence electrons. The van der Waals surface area contributed by atoms with Crippen molar-refractivity contribution >= 4 is 11.3 Å². The average molecular weight is 295 g/mol. The number of rotatable bonds is 3. The van der Waals surface area contributed by atoms with Gasteiger partial charge in [0.05, 0.1) is 11.4 Å². The number of imidazole rings is 1. The molecule has 0 aliphatic carbocycles. The van der Waals surface area contributed by atoms with Crippen LogP contribution in [0.3, 0.4) is 0 Å². The van der Waals surface area contributed by atoms with E-state index in [1.807, 2.05) is 24.3 Å². The number of aryl methyl sites for hydroxylation is 1. The molecule has 0 saturated heterocycles. The molecule has 5 nitrogen and oxygen atoms in total. The Morgan fingerprint density at radius 1 is 1.18 bits per heavy atom. The normalized spacial score (nSPS) is 12.8. The lowest BCUT2D eigenvalue weighted by Crippen LogP contribution is -1.98. The van der Waals surface area contributed by atoms with Gasteiger partial charge in [0, 0.05) is 24.0 Å². The Kier molecular flexibility index (Phi) is 2.92. The summed E-state index contributed by atoms with van der Waals surface area (Å²) >= 11 is 0. The molecule has 1 aliphatic rings. The third-order valence-corrected chi connectivity index (χ3v) is 3.88. The summed E-state index contributed by atoms with van der Waals surface area (Å²) in [6.45, 7) is 5.35. The predicted molar refractivity (Wildman–Crippen MR) is 85.7 cm³/mol. The van der Waals surface area contributed by atoms with Crippen LogP contribution < -0.4 is 14.8 Å². The second-order valence-electron chi connectivity index (χ2n) is 5.29. The molecule has 4 rings (SSSR count). The minimum atomic E-state index is 0.287. The molecule has 0 fully saturated rings. The highest BCUT2D eigenvalue weighted by Gasteiger charge is 2.17. The van der Waals surface area contributed by atoms with Gasteiger partial charge in [0.25, 0.3) is 0 Å². The van der Waals surface area contributed by atoms with Crippen LogP contribution in [0.4, 0.5) is 5.69 Å². The number of hydrogen-bond donors (Lipinski definition) is 1. The summed E-state index contributed by atoms with van der Waals surface area (Å²) in [6.07, 6.45) is 2.08. The van der Waals surface area contributed by atoms with Crippen molar-refractivity contribution in [2.24, 2.45) is 0 Å². The summed E-state index contributed by atoms with van der Waals surface area (Å²) in [5, 5.41) is 3.32. The van der Waals surface area contributed by atoms with Gasteiger partial charge in [-0.1, -0.05) is 0 Å². The first-order valence-corrected chi connectivity index (χ1v) is 7.39. The molecule has 0 amide bonds. The molecule has 0 bridgehead atoms. The molecule has 0 unspecified atom stereocenters. The van der Waals surface area contributed by atoms with Crippen molar-refractivity contribution in [1.82, 2.24) is 9.38 Å². The van der Waals surface area contributed by atoms with E-state index in [0.717, 1.165) is 46.3 Å². The molecule has 1 aliphatic heterocycles. The van der Waals surface area contributed by atoms with Gasteiger partial charge in [-0.2, -0.15) is 0 Å². The predicted octanol–water partition coefficient (Wildman–Crippen LogP) is 3.47. The van der Waals surface area contributed by atoms with Gasteiger partial charge in [0.15, 0.2) is 11.5 Å². The number of aromatic nitrogens is 2. The fourth-order valence-electron chi connectivity index (χ4n) is 2.79. The van der Waals surface area contributed by atoms with E-state index < -0.39 is 0 Å². The van der Waals surface area contributed by atoms with Crippen LogP contribution in [0.15, 0.2) is 36.5 Å². The van der Waals surface area contributed by atoms with Gasteiger partial charge in [-0.15, -0.1) is 0 Å². The molecule has 0 spiro atoms. The number of fused-ring (bicyclic) bond motifs is 2. The van der Waals surface area contributed by atoms with E-state index in [1.165, 1.54) is 0 Å². The van der Waals surface area contributed by atoms with Crippen LogP contribution in [-0.2, 0) is 0 Å². The van der Waals surface area contributed by atoms with Crippen LogP contribution in [0.2, 0.25) is 0 Å². The molecule has 2 aromatic heterocycles. The van der Waals surface area contributed by atoms with Crippen molar-refractivity contribution in [3.8, 4) is 22.8 Å². The summed E-state index contributed by atoms with van der Waals surface area (Å²) in [7, 11) is 0. The first-order valence-electron chi connectivity index (χ1n) is 7.39. The Hall–Kier alpha value is -2.69. The summed E-state index contributed by atoms with van der Waals surface area (Å²) in [6, 6.07) is 10.0. The summed E-state index contributed by atoms with van der Waals surface area (Å²) in [4.78, 5) is 4.75. The number of nitrogens with one attached hydrogen (secondary N) is 1. The maximum Gasteiger partial charge on any atom is 0.231 e. The maximum atomic E-state index is 5.46. The molecule has 5 heteroatoms. The van der Waals surface area contributed by atoms with Gasteiger partial charge in [-0.3, -0.25) is 0 Å². The molecule has 0 radical (unpaired) electrons. The molecular weight excluding hydrogens is 278 g/mol. The fraction of sp³-hybridized carbons (Fsp3) is 0.235. The Labute approximate surface area is 128 Å². The van der Waals surface area contributed by atoms with Gasteiger partial charge in [0.2, 0.25) is 6.79 Å². The van der Waals surface area contributed by atoms with E-state index in [4.69, 9.17) is 14.5 Å². The quantitative estimate of drug-likeness (QED) is 0.803. The summed E-state index contributed by atoms with van der Waals surface area (Å²) in [5.74, 6) is 1.57. The number of hydrogen-bond acceptors (Lipinski definition) is 4. The van der Waals surface area contributed by atoms with Crippen LogP contribution in [0.1, 0.15) is 12.6 Å². The minimum Gasteiger partial charge on any atom is -0.454 e. The molecule has 0 saturated carbocycles. The van der Waals surface area contributed by atoms with E-state index in [9.17, 15) is 0 Å². The van der Waals surface area contributed by atoms with E-state index in [0.29, 0.717) is 0 Å². The molecule has 3 heterocycles. The second kappa shape index (κ2) is 4.94. The Morgan fingerprint density at radius 2 is 2.05 bits per heavy atom. The van der Waals surface area contributed by atoms with Crippen LogP contribution in [0.5, 0.6) is 11.5 Å². The smallest absolute Gasteiger partial charge is 0.231 e. The number of nitrogens with zero attached hydrogens (tertiary/aromatic N) is 2. The lowest BCUT2D eigenvalue weighted by atomic mass is 10.1. The highest BCUT2D eigenvalue weighted by Crippen LogP contribution is 2.36. The third kappa shape index (κ3) is 1.97.